The number of benzene rings is 4. The maximum atomic E-state index is 13.5. The fraction of sp³-hybridized carbons (Fsp3) is 0.182. The van der Waals surface area contributed by atoms with Crippen LogP contribution in [0, 0.1) is 6.92 Å². The molecule has 8 heteroatoms. The quantitative estimate of drug-likeness (QED) is 0.121. The van der Waals surface area contributed by atoms with Crippen molar-refractivity contribution in [3.63, 3.8) is 0 Å². The van der Waals surface area contributed by atoms with Gasteiger partial charge in [-0.1, -0.05) is 65.7 Å². The van der Waals surface area contributed by atoms with Gasteiger partial charge in [-0.25, -0.2) is 9.69 Å². The first-order valence-electron chi connectivity index (χ1n) is 13.4. The lowest BCUT2D eigenvalue weighted by molar-refractivity contribution is -0.122. The summed E-state index contributed by atoms with van der Waals surface area (Å²) in [6.07, 6.45) is 3.39. The van der Waals surface area contributed by atoms with Crippen molar-refractivity contribution in [1.29, 1.82) is 0 Å². The Kier molecular flexibility index (Phi) is 8.50. The molecule has 7 nitrogen and oxygen atoms in total. The molecule has 4 aromatic rings. The molecule has 208 valence electrons. The van der Waals surface area contributed by atoms with Crippen LogP contribution in [0.3, 0.4) is 0 Å². The molecule has 0 bridgehead atoms. The number of aryl methyl sites for hydroxylation is 1. The first kappa shape index (κ1) is 28.1. The van der Waals surface area contributed by atoms with Crippen LogP contribution in [0.5, 0.6) is 11.5 Å². The number of ether oxygens (including phenoxy) is 2. The summed E-state index contributed by atoms with van der Waals surface area (Å²) in [5.74, 6) is -0.372. The minimum Gasteiger partial charge on any atom is -0.494 e. The van der Waals surface area contributed by atoms with Crippen LogP contribution >= 0.6 is 15.9 Å². The van der Waals surface area contributed by atoms with E-state index in [4.69, 9.17) is 9.47 Å². The number of unbranched alkanes of at least 4 members (excludes halogenated alkanes) is 1. The lowest BCUT2D eigenvalue weighted by Gasteiger charge is -2.26. The van der Waals surface area contributed by atoms with Crippen molar-refractivity contribution in [2.24, 2.45) is 0 Å². The minimum absolute atomic E-state index is 0.183. The average molecular weight is 614 g/mol. The highest BCUT2D eigenvalue weighted by molar-refractivity contribution is 9.10. The van der Waals surface area contributed by atoms with Crippen molar-refractivity contribution in [1.82, 2.24) is 5.32 Å². The third-order valence-electron chi connectivity index (χ3n) is 6.88. The summed E-state index contributed by atoms with van der Waals surface area (Å²) in [5, 5.41) is 4.49. The van der Waals surface area contributed by atoms with Gasteiger partial charge in [-0.05, 0) is 78.2 Å². The number of rotatable bonds is 9. The molecule has 1 saturated heterocycles. The van der Waals surface area contributed by atoms with Crippen molar-refractivity contribution in [2.45, 2.75) is 33.3 Å². The predicted octanol–water partition coefficient (Wildman–Crippen LogP) is 7.34. The number of hydrogen-bond donors (Lipinski definition) is 1. The summed E-state index contributed by atoms with van der Waals surface area (Å²) in [6.45, 7) is 4.99. The monoisotopic (exact) mass is 612 g/mol. The Balaban J connectivity index is 1.43. The van der Waals surface area contributed by atoms with Gasteiger partial charge in [0.15, 0.2) is 0 Å². The highest BCUT2D eigenvalue weighted by atomic mass is 79.9. The maximum absolute atomic E-state index is 13.5. The van der Waals surface area contributed by atoms with Crippen LogP contribution in [0.15, 0.2) is 88.9 Å². The van der Waals surface area contributed by atoms with Crippen LogP contribution in [0.4, 0.5) is 10.5 Å². The summed E-state index contributed by atoms with van der Waals surface area (Å²) >= 11 is 3.47. The molecule has 0 aromatic heterocycles. The number of hydrogen-bond acceptors (Lipinski definition) is 5. The second kappa shape index (κ2) is 12.4. The molecule has 0 aliphatic carbocycles. The third kappa shape index (κ3) is 6.18. The van der Waals surface area contributed by atoms with Gasteiger partial charge in [0.05, 0.1) is 12.3 Å². The van der Waals surface area contributed by atoms with Crippen LogP contribution < -0.4 is 19.7 Å². The van der Waals surface area contributed by atoms with Crippen LogP contribution in [0.1, 0.15) is 36.5 Å². The van der Waals surface area contributed by atoms with Crippen LogP contribution in [0.25, 0.3) is 16.8 Å². The lowest BCUT2D eigenvalue weighted by Crippen LogP contribution is -2.54. The highest BCUT2D eigenvalue weighted by Crippen LogP contribution is 2.31. The Morgan fingerprint density at radius 2 is 1.71 bits per heavy atom. The van der Waals surface area contributed by atoms with Crippen LogP contribution in [0.2, 0.25) is 0 Å². The van der Waals surface area contributed by atoms with Crippen molar-refractivity contribution >= 4 is 56.3 Å². The molecule has 0 atom stereocenters. The van der Waals surface area contributed by atoms with Crippen LogP contribution in [-0.2, 0) is 16.2 Å². The molecule has 1 fully saturated rings. The Bertz CT molecular complexity index is 1660. The molecule has 4 aromatic carbocycles. The average Bonchev–Trinajstić information content (AvgIpc) is 2.96. The lowest BCUT2D eigenvalue weighted by atomic mass is 10.0. The second-order valence-corrected chi connectivity index (χ2v) is 10.6. The van der Waals surface area contributed by atoms with Crippen LogP contribution in [-0.4, -0.2) is 24.5 Å². The molecule has 1 heterocycles. The number of barbiturate groups is 1. The Hall–Kier alpha value is -4.43. The zero-order valence-corrected chi connectivity index (χ0v) is 24.4. The normalized spacial score (nSPS) is 14.5. The van der Waals surface area contributed by atoms with E-state index in [2.05, 4.69) is 52.4 Å². The molecule has 0 spiro atoms. The first-order chi connectivity index (χ1) is 19.9. The number of nitrogens with zero attached hydrogens (tertiary/aromatic N) is 1. The van der Waals surface area contributed by atoms with Gasteiger partial charge in [-0.2, -0.15) is 0 Å². The molecule has 1 aliphatic heterocycles. The van der Waals surface area contributed by atoms with E-state index in [1.807, 2.05) is 25.1 Å². The fourth-order valence-corrected chi connectivity index (χ4v) is 5.00. The number of anilines is 1. The van der Waals surface area contributed by atoms with Gasteiger partial charge >= 0.3 is 6.03 Å². The Labute approximate surface area is 246 Å². The largest absolute Gasteiger partial charge is 0.494 e. The first-order valence-corrected chi connectivity index (χ1v) is 14.2. The smallest absolute Gasteiger partial charge is 0.335 e. The molecular formula is C33H29BrN2O5. The van der Waals surface area contributed by atoms with Gasteiger partial charge in [-0.15, -0.1) is 0 Å². The number of fused-ring (bicyclic) bond motifs is 1. The molecule has 41 heavy (non-hydrogen) atoms. The van der Waals surface area contributed by atoms with Crippen molar-refractivity contribution in [3.05, 3.63) is 106 Å². The Morgan fingerprint density at radius 1 is 0.927 bits per heavy atom. The molecule has 5 rings (SSSR count). The number of carbonyl (C=O) groups is 3. The summed E-state index contributed by atoms with van der Waals surface area (Å²) in [6, 6.07) is 23.4. The van der Waals surface area contributed by atoms with Gasteiger partial charge in [0.2, 0.25) is 0 Å². The number of amides is 4. The zero-order valence-electron chi connectivity index (χ0n) is 22.8. The topological polar surface area (TPSA) is 84.9 Å². The van der Waals surface area contributed by atoms with Gasteiger partial charge in [-0.3, -0.25) is 14.9 Å². The van der Waals surface area contributed by atoms with Crippen molar-refractivity contribution < 1.29 is 23.9 Å². The van der Waals surface area contributed by atoms with Crippen molar-refractivity contribution in [2.75, 3.05) is 11.5 Å². The van der Waals surface area contributed by atoms with E-state index in [9.17, 15) is 14.4 Å². The van der Waals surface area contributed by atoms with E-state index in [0.29, 0.717) is 36.0 Å². The zero-order chi connectivity index (χ0) is 28.9. The number of nitrogens with one attached hydrogen (secondary N) is 1. The van der Waals surface area contributed by atoms with E-state index < -0.39 is 17.8 Å². The van der Waals surface area contributed by atoms with E-state index in [1.54, 1.807) is 36.4 Å². The fourth-order valence-electron chi connectivity index (χ4n) is 4.62. The van der Waals surface area contributed by atoms with Gasteiger partial charge < -0.3 is 9.47 Å². The maximum Gasteiger partial charge on any atom is 0.335 e. The van der Waals surface area contributed by atoms with E-state index in [1.165, 1.54) is 6.08 Å². The van der Waals surface area contributed by atoms with E-state index in [-0.39, 0.29) is 5.57 Å². The summed E-state index contributed by atoms with van der Waals surface area (Å²) in [5.41, 5.74) is 2.81. The molecular weight excluding hydrogens is 584 g/mol. The summed E-state index contributed by atoms with van der Waals surface area (Å²) < 4.78 is 12.7. The summed E-state index contributed by atoms with van der Waals surface area (Å²) in [7, 11) is 0. The molecule has 4 amide bonds. The van der Waals surface area contributed by atoms with Gasteiger partial charge in [0.1, 0.15) is 23.7 Å². The van der Waals surface area contributed by atoms with Crippen molar-refractivity contribution in [3.8, 4) is 11.5 Å². The molecule has 1 aliphatic rings. The number of carbonyl (C=O) groups excluding carboxylic acids is 3. The SMILES string of the molecule is CCCCOc1ccc(N2C(=O)NC(=O)/C(=C/c3cc(Br)ccc3OCc3c(C)ccc4ccccc34)C2=O)cc1. The third-order valence-corrected chi connectivity index (χ3v) is 7.37. The van der Waals surface area contributed by atoms with Gasteiger partial charge in [0, 0.05) is 15.6 Å². The minimum atomic E-state index is -0.811. The van der Waals surface area contributed by atoms with E-state index in [0.717, 1.165) is 44.1 Å². The number of imide groups is 2. The molecule has 1 N–H and O–H groups in total. The second-order valence-electron chi connectivity index (χ2n) is 9.71. The number of halogens is 1. The predicted molar refractivity (Wildman–Crippen MR) is 163 cm³/mol. The molecule has 0 unspecified atom stereocenters. The number of urea groups is 1. The summed E-state index contributed by atoms with van der Waals surface area (Å²) in [4.78, 5) is 40.0. The molecule has 0 saturated carbocycles. The highest BCUT2D eigenvalue weighted by Gasteiger charge is 2.37. The van der Waals surface area contributed by atoms with E-state index >= 15 is 0 Å². The van der Waals surface area contributed by atoms with Gasteiger partial charge in [0.25, 0.3) is 11.8 Å². The Morgan fingerprint density at radius 3 is 2.49 bits per heavy atom. The molecule has 0 radical (unpaired) electrons. The standard InChI is InChI=1S/C33H29BrN2O5/c1-3-4-17-40-26-14-12-25(13-15-26)36-32(38)28(31(37)35-33(36)39)19-23-18-24(34)11-16-30(23)41-20-29-21(2)9-10-22-7-5-6-8-27(22)29/h5-16,18-19H,3-4,17,20H2,1-2H3,(H,35,37,39)/b28-19-.